The van der Waals surface area contributed by atoms with Gasteiger partial charge in [-0.05, 0) is 64.9 Å². The second-order valence-electron chi connectivity index (χ2n) is 5.19. The third-order valence-electron chi connectivity index (χ3n) is 3.37. The highest BCUT2D eigenvalue weighted by Gasteiger charge is 2.11. The zero-order valence-electron chi connectivity index (χ0n) is 11.4. The fourth-order valence-corrected chi connectivity index (χ4v) is 2.80. The van der Waals surface area contributed by atoms with Gasteiger partial charge in [-0.15, -0.1) is 0 Å². The minimum atomic E-state index is -0.256. The summed E-state index contributed by atoms with van der Waals surface area (Å²) in [6.45, 7) is 2.19. The van der Waals surface area contributed by atoms with E-state index in [2.05, 4.69) is 41.1 Å². The lowest BCUT2D eigenvalue weighted by Crippen LogP contribution is -2.13. The maximum Gasteiger partial charge on any atom is 0.137 e. The molecular weight excluding hydrogens is 319 g/mol. The molecule has 2 aromatic rings. The summed E-state index contributed by atoms with van der Waals surface area (Å²) in [5.41, 5.74) is 3.49. The highest BCUT2D eigenvalue weighted by Crippen LogP contribution is 2.21. The Morgan fingerprint density at radius 1 is 1.10 bits per heavy atom. The SMILES string of the molecule is Cc1cccc(CC(CO)Cc2ccc(F)c(Br)c2)c1. The first kappa shape index (κ1) is 15.2. The van der Waals surface area contributed by atoms with E-state index in [4.69, 9.17) is 0 Å². The third-order valence-corrected chi connectivity index (χ3v) is 3.98. The van der Waals surface area contributed by atoms with Crippen LogP contribution >= 0.6 is 15.9 Å². The average molecular weight is 337 g/mol. The Labute approximate surface area is 127 Å². The molecule has 3 heteroatoms. The molecule has 1 atom stereocenters. The first-order chi connectivity index (χ1) is 9.58. The van der Waals surface area contributed by atoms with Crippen LogP contribution in [0.4, 0.5) is 4.39 Å². The van der Waals surface area contributed by atoms with E-state index in [1.54, 1.807) is 12.1 Å². The molecule has 20 heavy (non-hydrogen) atoms. The van der Waals surface area contributed by atoms with Crippen molar-refractivity contribution < 1.29 is 9.50 Å². The summed E-state index contributed by atoms with van der Waals surface area (Å²) in [4.78, 5) is 0. The molecule has 0 spiro atoms. The molecule has 0 amide bonds. The molecule has 0 aliphatic carbocycles. The fraction of sp³-hybridized carbons (Fsp3) is 0.294. The maximum absolute atomic E-state index is 13.2. The van der Waals surface area contributed by atoms with Crippen LogP contribution in [0.3, 0.4) is 0 Å². The number of hydrogen-bond acceptors (Lipinski definition) is 1. The van der Waals surface area contributed by atoms with Crippen molar-refractivity contribution in [3.05, 3.63) is 69.4 Å². The summed E-state index contributed by atoms with van der Waals surface area (Å²) in [7, 11) is 0. The van der Waals surface area contributed by atoms with Gasteiger partial charge in [0.05, 0.1) is 4.47 Å². The van der Waals surface area contributed by atoms with Crippen molar-refractivity contribution in [2.75, 3.05) is 6.61 Å². The van der Waals surface area contributed by atoms with Crippen LogP contribution in [0.1, 0.15) is 16.7 Å². The number of hydrogen-bond donors (Lipinski definition) is 1. The quantitative estimate of drug-likeness (QED) is 0.863. The molecule has 0 radical (unpaired) electrons. The van der Waals surface area contributed by atoms with Gasteiger partial charge in [-0.2, -0.15) is 0 Å². The molecule has 0 aliphatic heterocycles. The van der Waals surface area contributed by atoms with Crippen molar-refractivity contribution in [2.24, 2.45) is 5.92 Å². The van der Waals surface area contributed by atoms with Gasteiger partial charge in [0.1, 0.15) is 5.82 Å². The topological polar surface area (TPSA) is 20.2 Å². The van der Waals surface area contributed by atoms with E-state index >= 15 is 0 Å². The molecule has 0 saturated carbocycles. The molecule has 0 saturated heterocycles. The van der Waals surface area contributed by atoms with Crippen LogP contribution in [-0.4, -0.2) is 11.7 Å². The van der Waals surface area contributed by atoms with E-state index in [1.807, 2.05) is 6.07 Å². The Bertz CT molecular complexity index is 583. The van der Waals surface area contributed by atoms with E-state index in [-0.39, 0.29) is 18.3 Å². The van der Waals surface area contributed by atoms with Crippen LogP contribution in [-0.2, 0) is 12.8 Å². The van der Waals surface area contributed by atoms with E-state index in [9.17, 15) is 9.50 Å². The van der Waals surface area contributed by atoms with Gasteiger partial charge in [-0.3, -0.25) is 0 Å². The minimum Gasteiger partial charge on any atom is -0.396 e. The van der Waals surface area contributed by atoms with Crippen LogP contribution in [0.5, 0.6) is 0 Å². The standard InChI is InChI=1S/C17H18BrFO/c1-12-3-2-4-13(7-12)8-15(11-20)9-14-5-6-17(19)16(18)10-14/h2-7,10,15,20H,8-9,11H2,1H3. The van der Waals surface area contributed by atoms with E-state index in [0.29, 0.717) is 4.47 Å². The van der Waals surface area contributed by atoms with Crippen LogP contribution in [0.2, 0.25) is 0 Å². The Balaban J connectivity index is 2.07. The summed E-state index contributed by atoms with van der Waals surface area (Å²) < 4.78 is 13.7. The number of halogens is 2. The summed E-state index contributed by atoms with van der Waals surface area (Å²) in [6, 6.07) is 13.3. The van der Waals surface area contributed by atoms with Crippen LogP contribution in [0.25, 0.3) is 0 Å². The third kappa shape index (κ3) is 4.15. The Kier molecular flexibility index (Phi) is 5.32. The van der Waals surface area contributed by atoms with Crippen molar-refractivity contribution >= 4 is 15.9 Å². The molecular formula is C17H18BrFO. The summed E-state index contributed by atoms with van der Waals surface area (Å²) in [6.07, 6.45) is 1.57. The fourth-order valence-electron chi connectivity index (χ4n) is 2.37. The number of benzene rings is 2. The van der Waals surface area contributed by atoms with E-state index in [0.717, 1.165) is 18.4 Å². The lowest BCUT2D eigenvalue weighted by Gasteiger charge is -2.15. The number of rotatable bonds is 5. The first-order valence-corrected chi connectivity index (χ1v) is 7.48. The van der Waals surface area contributed by atoms with Crippen molar-refractivity contribution in [2.45, 2.75) is 19.8 Å². The predicted molar refractivity (Wildman–Crippen MR) is 83.3 cm³/mol. The zero-order chi connectivity index (χ0) is 14.5. The molecule has 1 nitrogen and oxygen atoms in total. The smallest absolute Gasteiger partial charge is 0.137 e. The number of aryl methyl sites for hydroxylation is 1. The largest absolute Gasteiger partial charge is 0.396 e. The van der Waals surface area contributed by atoms with Crippen molar-refractivity contribution in [3.8, 4) is 0 Å². The molecule has 2 aromatic carbocycles. The Morgan fingerprint density at radius 3 is 2.40 bits per heavy atom. The predicted octanol–water partition coefficient (Wildman–Crippen LogP) is 4.29. The highest BCUT2D eigenvalue weighted by molar-refractivity contribution is 9.10. The highest BCUT2D eigenvalue weighted by atomic mass is 79.9. The lowest BCUT2D eigenvalue weighted by molar-refractivity contribution is 0.225. The molecule has 0 aromatic heterocycles. The van der Waals surface area contributed by atoms with Gasteiger partial charge in [0.15, 0.2) is 0 Å². The number of aliphatic hydroxyl groups excluding tert-OH is 1. The Hall–Kier alpha value is -1.19. The first-order valence-electron chi connectivity index (χ1n) is 6.69. The average Bonchev–Trinajstić information content (AvgIpc) is 2.42. The van der Waals surface area contributed by atoms with Gasteiger partial charge in [-0.25, -0.2) is 4.39 Å². The molecule has 1 N–H and O–H groups in total. The van der Waals surface area contributed by atoms with Crippen molar-refractivity contribution in [1.82, 2.24) is 0 Å². The second-order valence-corrected chi connectivity index (χ2v) is 6.05. The zero-order valence-corrected chi connectivity index (χ0v) is 13.0. The second kappa shape index (κ2) is 7.00. The van der Waals surface area contributed by atoms with Crippen LogP contribution < -0.4 is 0 Å². The van der Waals surface area contributed by atoms with Gasteiger partial charge in [0, 0.05) is 6.61 Å². The molecule has 0 heterocycles. The van der Waals surface area contributed by atoms with Gasteiger partial charge >= 0.3 is 0 Å². The molecule has 0 bridgehead atoms. The van der Waals surface area contributed by atoms with Gasteiger partial charge < -0.3 is 5.11 Å². The van der Waals surface area contributed by atoms with Crippen LogP contribution in [0.15, 0.2) is 46.9 Å². The van der Waals surface area contributed by atoms with Gasteiger partial charge in [0.2, 0.25) is 0 Å². The molecule has 0 aliphatic rings. The molecule has 106 valence electrons. The van der Waals surface area contributed by atoms with E-state index < -0.39 is 0 Å². The summed E-state index contributed by atoms with van der Waals surface area (Å²) >= 11 is 3.20. The van der Waals surface area contributed by atoms with E-state index in [1.165, 1.54) is 17.2 Å². The number of aliphatic hydroxyl groups is 1. The lowest BCUT2D eigenvalue weighted by atomic mass is 9.93. The Morgan fingerprint density at radius 2 is 1.80 bits per heavy atom. The van der Waals surface area contributed by atoms with Gasteiger partial charge in [-0.1, -0.05) is 35.9 Å². The molecule has 2 rings (SSSR count). The van der Waals surface area contributed by atoms with Crippen LogP contribution in [0, 0.1) is 18.7 Å². The van der Waals surface area contributed by atoms with Crippen molar-refractivity contribution in [3.63, 3.8) is 0 Å². The normalized spacial score (nSPS) is 12.4. The molecule has 1 unspecified atom stereocenters. The monoisotopic (exact) mass is 336 g/mol. The molecule has 0 fully saturated rings. The minimum absolute atomic E-state index is 0.128. The summed E-state index contributed by atoms with van der Waals surface area (Å²) in [5, 5.41) is 9.56. The van der Waals surface area contributed by atoms with Crippen molar-refractivity contribution in [1.29, 1.82) is 0 Å². The maximum atomic E-state index is 13.2. The van der Waals surface area contributed by atoms with Gasteiger partial charge in [0.25, 0.3) is 0 Å². The summed E-state index contributed by atoms with van der Waals surface area (Å²) in [5.74, 6) is -0.109.